The quantitative estimate of drug-likeness (QED) is 0.199. The Kier molecular flexibility index (Phi) is 9.72. The number of hydrogen-bond acceptors (Lipinski definition) is 6. The molecule has 2 aromatic carbocycles. The van der Waals surface area contributed by atoms with Crippen molar-refractivity contribution in [1.82, 2.24) is 29.9 Å². The molecule has 0 saturated carbocycles. The van der Waals surface area contributed by atoms with E-state index in [4.69, 9.17) is 67.5 Å². The molecule has 4 heterocycles. The topological polar surface area (TPSA) is 90.7 Å². The van der Waals surface area contributed by atoms with Gasteiger partial charge in [0.15, 0.2) is 5.82 Å². The molecule has 8 nitrogen and oxygen atoms in total. The van der Waals surface area contributed by atoms with E-state index in [9.17, 15) is 0 Å². The molecule has 1 N–H and O–H groups in total. The van der Waals surface area contributed by atoms with Gasteiger partial charge in [0.05, 0.1) is 35.3 Å². The molecule has 0 saturated heterocycles. The fourth-order valence-corrected chi connectivity index (χ4v) is 4.73. The minimum Gasteiger partial charge on any atom is -0.495 e. The van der Waals surface area contributed by atoms with Gasteiger partial charge in [-0.05, 0) is 42.5 Å². The van der Waals surface area contributed by atoms with E-state index in [2.05, 4.69) is 25.3 Å². The number of halogens is 5. The van der Waals surface area contributed by atoms with Crippen LogP contribution in [0.25, 0.3) is 27.6 Å². The van der Waals surface area contributed by atoms with Gasteiger partial charge in [-0.25, -0.2) is 14.6 Å². The van der Waals surface area contributed by atoms with Crippen molar-refractivity contribution < 1.29 is 9.47 Å². The molecule has 0 aliphatic carbocycles. The molecule has 6 rings (SSSR count). The van der Waals surface area contributed by atoms with Crippen LogP contribution in [0.15, 0.2) is 73.3 Å². The van der Waals surface area contributed by atoms with E-state index in [-0.39, 0.29) is 0 Å². The molecule has 0 fully saturated rings. The summed E-state index contributed by atoms with van der Waals surface area (Å²) in [5.74, 6) is 1.73. The summed E-state index contributed by atoms with van der Waals surface area (Å²) in [4.78, 5) is 8.60. The maximum Gasteiger partial charge on any atom is 0.155 e. The Labute approximate surface area is 248 Å². The molecule has 6 aromatic rings. The number of fused-ring (bicyclic) bond motifs is 2. The molecule has 0 atom stereocenters. The molecule has 13 heteroatoms. The minimum absolute atomic E-state index is 0.308. The molecule has 39 heavy (non-hydrogen) atoms. The van der Waals surface area contributed by atoms with Gasteiger partial charge in [0.2, 0.25) is 0 Å². The SMILES string of the molecule is COc1ccc2c(Cl)cc(-n3cccn3)nc2c1Cl.COc1ccc2c(Cl)cc(Cl)nc2c1Cl.c1cn[nH]c1. The van der Waals surface area contributed by atoms with Crippen LogP contribution in [0.3, 0.4) is 0 Å². The van der Waals surface area contributed by atoms with E-state index in [0.717, 1.165) is 10.8 Å². The van der Waals surface area contributed by atoms with Crippen molar-refractivity contribution in [3.63, 3.8) is 0 Å². The van der Waals surface area contributed by atoms with E-state index in [1.165, 1.54) is 0 Å². The van der Waals surface area contributed by atoms with Crippen LogP contribution in [0, 0.1) is 0 Å². The lowest BCUT2D eigenvalue weighted by molar-refractivity contribution is 0.415. The van der Waals surface area contributed by atoms with E-state index in [1.54, 1.807) is 74.0 Å². The third-order valence-electron chi connectivity index (χ3n) is 5.21. The van der Waals surface area contributed by atoms with Crippen LogP contribution in [0.4, 0.5) is 0 Å². The summed E-state index contributed by atoms with van der Waals surface area (Å²) < 4.78 is 11.9. The standard InChI is InChI=1S/C13H9Cl2N3O.C10H6Cl3NO.C3H4N2/c1-19-10-4-3-8-9(14)7-11(17-13(8)12(10)15)18-6-2-5-16-18;1-15-7-3-2-5-6(11)4-8(12)14-10(5)9(7)13;1-2-4-5-3-1/h2-7H,1H3;2-4H,1H3;1-3H,(H,4,5). The molecule has 0 aliphatic rings. The molecule has 0 amide bonds. The predicted octanol–water partition coefficient (Wildman–Crippen LogP) is 8.35. The summed E-state index contributed by atoms with van der Waals surface area (Å²) >= 11 is 30.4. The fourth-order valence-electron chi connectivity index (χ4n) is 3.41. The number of ether oxygens (including phenoxy) is 2. The molecule has 0 aliphatic heterocycles. The van der Waals surface area contributed by atoms with Crippen LogP contribution in [-0.4, -0.2) is 44.2 Å². The molecule has 0 unspecified atom stereocenters. The van der Waals surface area contributed by atoms with Gasteiger partial charge in [0.25, 0.3) is 0 Å². The molecule has 200 valence electrons. The number of methoxy groups -OCH3 is 2. The van der Waals surface area contributed by atoms with Crippen molar-refractivity contribution in [2.24, 2.45) is 0 Å². The van der Waals surface area contributed by atoms with Gasteiger partial charge in [-0.2, -0.15) is 10.2 Å². The Morgan fingerprint density at radius 2 is 1.36 bits per heavy atom. The Morgan fingerprint density at radius 1 is 0.744 bits per heavy atom. The van der Waals surface area contributed by atoms with Crippen LogP contribution in [0.2, 0.25) is 25.2 Å². The third-order valence-corrected chi connectivity index (χ3v) is 6.76. The van der Waals surface area contributed by atoms with Crippen LogP contribution >= 0.6 is 58.0 Å². The third kappa shape index (κ3) is 6.66. The van der Waals surface area contributed by atoms with Gasteiger partial charge in [-0.15, -0.1) is 0 Å². The number of aromatic nitrogens is 6. The largest absolute Gasteiger partial charge is 0.495 e. The maximum atomic E-state index is 6.27. The zero-order valence-electron chi connectivity index (χ0n) is 20.4. The van der Waals surface area contributed by atoms with Crippen LogP contribution in [0.1, 0.15) is 0 Å². The van der Waals surface area contributed by atoms with Gasteiger partial charge in [-0.3, -0.25) is 5.10 Å². The van der Waals surface area contributed by atoms with Gasteiger partial charge in [0, 0.05) is 41.6 Å². The highest BCUT2D eigenvalue weighted by Crippen LogP contribution is 2.36. The predicted molar refractivity (Wildman–Crippen MR) is 157 cm³/mol. The number of nitrogens with one attached hydrogen (secondary N) is 1. The number of pyridine rings is 2. The van der Waals surface area contributed by atoms with Gasteiger partial charge in [0.1, 0.15) is 26.7 Å². The summed E-state index contributed by atoms with van der Waals surface area (Å²) in [7, 11) is 3.10. The van der Waals surface area contributed by atoms with Crippen molar-refractivity contribution in [3.05, 3.63) is 98.6 Å². The van der Waals surface area contributed by atoms with Crippen LogP contribution in [-0.2, 0) is 0 Å². The summed E-state index contributed by atoms with van der Waals surface area (Å²) in [6.45, 7) is 0. The lowest BCUT2D eigenvalue weighted by atomic mass is 10.2. The van der Waals surface area contributed by atoms with Crippen molar-refractivity contribution in [2.45, 2.75) is 0 Å². The van der Waals surface area contributed by atoms with E-state index < -0.39 is 0 Å². The lowest BCUT2D eigenvalue weighted by Crippen LogP contribution is -1.99. The molecular formula is C26H19Cl5N6O2. The number of aromatic amines is 1. The normalized spacial score (nSPS) is 10.4. The Hall–Kier alpha value is -3.27. The molecule has 0 spiro atoms. The van der Waals surface area contributed by atoms with Crippen LogP contribution in [0.5, 0.6) is 11.5 Å². The summed E-state index contributed by atoms with van der Waals surface area (Å²) in [6, 6.07) is 14.1. The molecule has 0 bridgehead atoms. The minimum atomic E-state index is 0.308. The maximum absolute atomic E-state index is 6.27. The molecular weight excluding hydrogens is 606 g/mol. The first-order chi connectivity index (χ1) is 18.8. The number of H-pyrrole nitrogens is 1. The second-order valence-electron chi connectivity index (χ2n) is 7.56. The Morgan fingerprint density at radius 3 is 1.85 bits per heavy atom. The number of rotatable bonds is 3. The second kappa shape index (κ2) is 13.2. The fraction of sp³-hybridized carbons (Fsp3) is 0.0769. The van der Waals surface area contributed by atoms with Gasteiger partial charge >= 0.3 is 0 Å². The highest BCUT2D eigenvalue weighted by atomic mass is 35.5. The second-order valence-corrected chi connectivity index (χ2v) is 9.52. The number of nitrogens with zero attached hydrogens (tertiary/aromatic N) is 5. The van der Waals surface area contributed by atoms with Crippen LogP contribution < -0.4 is 9.47 Å². The van der Waals surface area contributed by atoms with Gasteiger partial charge < -0.3 is 9.47 Å². The van der Waals surface area contributed by atoms with Crippen molar-refractivity contribution in [3.8, 4) is 17.3 Å². The zero-order chi connectivity index (χ0) is 27.9. The Balaban J connectivity index is 0.000000157. The highest BCUT2D eigenvalue weighted by Gasteiger charge is 2.13. The van der Waals surface area contributed by atoms with Crippen molar-refractivity contribution in [1.29, 1.82) is 0 Å². The Bertz CT molecular complexity index is 1680. The zero-order valence-corrected chi connectivity index (χ0v) is 24.2. The van der Waals surface area contributed by atoms with Gasteiger partial charge in [-0.1, -0.05) is 58.0 Å². The van der Waals surface area contributed by atoms with E-state index in [1.807, 2.05) is 18.2 Å². The summed E-state index contributed by atoms with van der Waals surface area (Å²) in [6.07, 6.45) is 6.92. The first kappa shape index (κ1) is 28.7. The number of hydrogen-bond donors (Lipinski definition) is 1. The molecule has 4 aromatic heterocycles. The summed E-state index contributed by atoms with van der Waals surface area (Å²) in [5, 5.41) is 14.1. The monoisotopic (exact) mass is 622 g/mol. The number of benzene rings is 2. The lowest BCUT2D eigenvalue weighted by Gasteiger charge is -2.09. The highest BCUT2D eigenvalue weighted by molar-refractivity contribution is 6.41. The average molecular weight is 625 g/mol. The van der Waals surface area contributed by atoms with E-state index >= 15 is 0 Å². The molecule has 0 radical (unpaired) electrons. The van der Waals surface area contributed by atoms with Crippen molar-refractivity contribution >= 4 is 79.8 Å². The summed E-state index contributed by atoms with van der Waals surface area (Å²) in [5.41, 5.74) is 1.15. The average Bonchev–Trinajstić information content (AvgIpc) is 3.68. The first-order valence-electron chi connectivity index (χ1n) is 11.1. The van der Waals surface area contributed by atoms with Crippen molar-refractivity contribution in [2.75, 3.05) is 14.2 Å². The van der Waals surface area contributed by atoms with E-state index in [0.29, 0.717) is 53.6 Å². The smallest absolute Gasteiger partial charge is 0.155 e. The first-order valence-corrected chi connectivity index (χ1v) is 13.0.